The van der Waals surface area contributed by atoms with Crippen molar-refractivity contribution in [3.05, 3.63) is 84.0 Å². The van der Waals surface area contributed by atoms with Crippen molar-refractivity contribution in [1.82, 2.24) is 0 Å². The molecule has 8 heteroatoms. The van der Waals surface area contributed by atoms with Gasteiger partial charge in [-0.15, -0.1) is 0 Å². The van der Waals surface area contributed by atoms with Crippen molar-refractivity contribution < 1.29 is 38.0 Å². The van der Waals surface area contributed by atoms with Crippen LogP contribution in [0.1, 0.15) is 59.6 Å². The maximum Gasteiger partial charge on any atom is 0.333 e. The Kier molecular flexibility index (Phi) is 15.0. The number of rotatable bonds is 19. The summed E-state index contributed by atoms with van der Waals surface area (Å²) in [4.78, 5) is 23.3. The van der Waals surface area contributed by atoms with Crippen molar-refractivity contribution in [3.63, 3.8) is 0 Å². The molecule has 43 heavy (non-hydrogen) atoms. The number of esters is 2. The minimum Gasteiger partial charge on any atom is -0.491 e. The topological polar surface area (TPSA) is 89.5 Å². The van der Waals surface area contributed by atoms with Gasteiger partial charge < -0.3 is 28.4 Å². The normalized spacial score (nSPS) is 14.5. The lowest BCUT2D eigenvalue weighted by Crippen LogP contribution is -2.28. The lowest BCUT2D eigenvalue weighted by atomic mass is 10.0. The van der Waals surface area contributed by atoms with Gasteiger partial charge in [0.1, 0.15) is 36.9 Å². The molecule has 0 saturated carbocycles. The van der Waals surface area contributed by atoms with Crippen LogP contribution in [-0.4, -0.2) is 62.8 Å². The van der Waals surface area contributed by atoms with Crippen LogP contribution >= 0.6 is 0 Å². The van der Waals surface area contributed by atoms with Crippen molar-refractivity contribution in [2.24, 2.45) is 5.92 Å². The summed E-state index contributed by atoms with van der Waals surface area (Å²) >= 11 is 0. The third-order valence-electron chi connectivity index (χ3n) is 6.58. The van der Waals surface area contributed by atoms with Crippen LogP contribution in [0.15, 0.2) is 72.8 Å². The maximum absolute atomic E-state index is 11.7. The highest BCUT2D eigenvalue weighted by molar-refractivity contribution is 5.87. The second-order valence-electron chi connectivity index (χ2n) is 11.2. The molecule has 0 heterocycles. The van der Waals surface area contributed by atoms with Crippen LogP contribution in [0.4, 0.5) is 0 Å². The van der Waals surface area contributed by atoms with Crippen LogP contribution in [-0.2, 0) is 35.0 Å². The predicted octanol–water partition coefficient (Wildman–Crippen LogP) is 6.50. The van der Waals surface area contributed by atoms with E-state index in [0.717, 1.165) is 23.5 Å². The summed E-state index contributed by atoms with van der Waals surface area (Å²) in [6, 6.07) is 16.0. The summed E-state index contributed by atoms with van der Waals surface area (Å²) in [5.74, 6) is 0.783. The first kappa shape index (κ1) is 35.6. The molecule has 0 saturated heterocycles. The lowest BCUT2D eigenvalue weighted by Gasteiger charge is -2.22. The van der Waals surface area contributed by atoms with Gasteiger partial charge in [-0.3, -0.25) is 0 Å². The Bertz CT molecular complexity index is 1170. The van der Waals surface area contributed by atoms with Gasteiger partial charge in [-0.1, -0.05) is 44.3 Å². The van der Waals surface area contributed by atoms with E-state index in [2.05, 4.69) is 25.3 Å². The van der Waals surface area contributed by atoms with Gasteiger partial charge in [0, 0.05) is 17.1 Å². The fraction of sp³-hybridized carbons (Fsp3) is 0.486. The second-order valence-corrected chi connectivity index (χ2v) is 11.2. The van der Waals surface area contributed by atoms with Crippen LogP contribution in [0, 0.1) is 5.92 Å². The van der Waals surface area contributed by atoms with Gasteiger partial charge in [-0.05, 0) is 83.4 Å². The Labute approximate surface area is 257 Å². The van der Waals surface area contributed by atoms with Gasteiger partial charge >= 0.3 is 11.9 Å². The minimum absolute atomic E-state index is 0.0450. The van der Waals surface area contributed by atoms with Gasteiger partial charge in [-0.2, -0.15) is 0 Å². The molecule has 0 aliphatic carbocycles. The van der Waals surface area contributed by atoms with Gasteiger partial charge in [0.25, 0.3) is 0 Å². The van der Waals surface area contributed by atoms with E-state index in [9.17, 15) is 9.59 Å². The molecular formula is C35H48O8. The molecule has 0 aliphatic heterocycles. The second kappa shape index (κ2) is 18.1. The molecule has 0 N–H and O–H groups in total. The smallest absolute Gasteiger partial charge is 0.333 e. The molecule has 236 valence electrons. The number of carbonyl (C=O) groups excluding carboxylic acids is 2. The van der Waals surface area contributed by atoms with E-state index in [0.29, 0.717) is 31.0 Å². The molecule has 5 atom stereocenters. The Hall–Kier alpha value is -3.62. The Morgan fingerprint density at radius 1 is 0.605 bits per heavy atom. The third kappa shape index (κ3) is 13.9. The largest absolute Gasteiger partial charge is 0.491 e. The minimum atomic E-state index is -0.418. The van der Waals surface area contributed by atoms with Crippen molar-refractivity contribution in [3.8, 4) is 11.5 Å². The number of benzene rings is 2. The first-order valence-corrected chi connectivity index (χ1v) is 14.7. The van der Waals surface area contributed by atoms with Crippen LogP contribution in [0.3, 0.4) is 0 Å². The van der Waals surface area contributed by atoms with Gasteiger partial charge in [-0.25, -0.2) is 9.59 Å². The van der Waals surface area contributed by atoms with Crippen molar-refractivity contribution in [2.75, 3.05) is 26.4 Å². The standard InChI is InChI=1S/C35H48O8/c1-23(2)34(36)42-28(8)22-39-27(7)21-41-33-16-12-31(13-17-33)18-30-10-14-32(15-11-30)40-20-26(6)38-19-25(5)29(9)43-35(37)24(3)4/h10-17,25-29H,1,3,18-22H2,2,4-9H3. The summed E-state index contributed by atoms with van der Waals surface area (Å²) in [7, 11) is 0. The monoisotopic (exact) mass is 596 g/mol. The zero-order valence-corrected chi connectivity index (χ0v) is 26.7. The zero-order chi connectivity index (χ0) is 31.9. The summed E-state index contributed by atoms with van der Waals surface area (Å²) in [5.41, 5.74) is 3.08. The highest BCUT2D eigenvalue weighted by Gasteiger charge is 2.19. The quantitative estimate of drug-likeness (QED) is 0.134. The summed E-state index contributed by atoms with van der Waals surface area (Å²) in [6.45, 7) is 21.5. The molecule has 0 fully saturated rings. The van der Waals surface area contributed by atoms with E-state index < -0.39 is 5.97 Å². The molecule has 0 spiro atoms. The van der Waals surface area contributed by atoms with Crippen LogP contribution in [0.2, 0.25) is 0 Å². The molecule has 0 radical (unpaired) electrons. The number of hydrogen-bond acceptors (Lipinski definition) is 8. The van der Waals surface area contributed by atoms with Gasteiger partial charge in [0.05, 0.1) is 25.4 Å². The van der Waals surface area contributed by atoms with Gasteiger partial charge in [0.15, 0.2) is 0 Å². The molecule has 0 aliphatic rings. The summed E-state index contributed by atoms with van der Waals surface area (Å²) in [5, 5.41) is 0. The van der Waals surface area contributed by atoms with Crippen molar-refractivity contribution >= 4 is 11.9 Å². The number of ether oxygens (including phenoxy) is 6. The van der Waals surface area contributed by atoms with Crippen molar-refractivity contribution in [1.29, 1.82) is 0 Å². The molecule has 2 aromatic rings. The zero-order valence-electron chi connectivity index (χ0n) is 26.7. The summed E-state index contributed by atoms with van der Waals surface area (Å²) < 4.78 is 34.0. The Morgan fingerprint density at radius 2 is 1.02 bits per heavy atom. The van der Waals surface area contributed by atoms with Crippen LogP contribution in [0.25, 0.3) is 0 Å². The van der Waals surface area contributed by atoms with E-state index in [1.54, 1.807) is 20.8 Å². The SMILES string of the molecule is C=C(C)C(=O)OC(C)COC(C)COc1ccc(Cc2ccc(OCC(C)OCC(C)C(C)OC(=O)C(=C)C)cc2)cc1. The third-order valence-corrected chi connectivity index (χ3v) is 6.58. The molecule has 8 nitrogen and oxygen atoms in total. The first-order valence-electron chi connectivity index (χ1n) is 14.7. The van der Waals surface area contributed by atoms with Crippen molar-refractivity contribution in [2.45, 2.75) is 79.3 Å². The number of carbonyl (C=O) groups is 2. The van der Waals surface area contributed by atoms with Gasteiger partial charge in [0.2, 0.25) is 0 Å². The fourth-order valence-electron chi connectivity index (χ4n) is 3.62. The Balaban J connectivity index is 1.69. The highest BCUT2D eigenvalue weighted by atomic mass is 16.6. The maximum atomic E-state index is 11.7. The number of hydrogen-bond donors (Lipinski definition) is 0. The van der Waals surface area contributed by atoms with Crippen LogP contribution in [0.5, 0.6) is 11.5 Å². The summed E-state index contributed by atoms with van der Waals surface area (Å²) in [6.07, 6.45) is -0.117. The molecule has 2 rings (SSSR count). The average Bonchev–Trinajstić information content (AvgIpc) is 2.97. The molecule has 5 unspecified atom stereocenters. The predicted molar refractivity (Wildman–Crippen MR) is 167 cm³/mol. The molecule has 2 aromatic carbocycles. The Morgan fingerprint density at radius 3 is 1.47 bits per heavy atom. The van der Waals surface area contributed by atoms with E-state index in [4.69, 9.17) is 28.4 Å². The first-order chi connectivity index (χ1) is 20.3. The van der Waals surface area contributed by atoms with E-state index >= 15 is 0 Å². The van der Waals surface area contributed by atoms with E-state index in [-0.39, 0.29) is 42.9 Å². The molecular weight excluding hydrogens is 548 g/mol. The lowest BCUT2D eigenvalue weighted by molar-refractivity contribution is -0.148. The highest BCUT2D eigenvalue weighted by Crippen LogP contribution is 2.19. The van der Waals surface area contributed by atoms with Crippen LogP contribution < -0.4 is 9.47 Å². The molecule has 0 bridgehead atoms. The fourth-order valence-corrected chi connectivity index (χ4v) is 3.62. The average molecular weight is 597 g/mol. The van der Waals surface area contributed by atoms with E-state index in [1.165, 1.54) is 5.56 Å². The van der Waals surface area contributed by atoms with E-state index in [1.807, 2.05) is 64.1 Å². The molecule has 0 amide bonds. The molecule has 0 aromatic heterocycles.